The Hall–Kier alpha value is -2.89. The predicted molar refractivity (Wildman–Crippen MR) is 114 cm³/mol. The minimum Gasteiger partial charge on any atom is -0.365 e. The van der Waals surface area contributed by atoms with E-state index in [0.29, 0.717) is 16.8 Å². The number of halogens is 2. The first-order valence-corrected chi connectivity index (χ1v) is 10.7. The lowest BCUT2D eigenvalue weighted by molar-refractivity contribution is -0.114. The number of rotatable bonds is 6. The standard InChI is InChI=1S/C18H15ClFN5O3S2/c1-8-5-11(23-9(2)26)7-22-17(8)30(28)25-18-24-14(15(29-18)16(21)27)10-3-4-13(20)12(19)6-10/h3-7H,1-2H3,(H2,21,27)(H,23,26)(H,24,25). The van der Waals surface area contributed by atoms with Gasteiger partial charge in [-0.1, -0.05) is 22.9 Å². The summed E-state index contributed by atoms with van der Waals surface area (Å²) >= 11 is 6.72. The molecule has 3 rings (SSSR count). The van der Waals surface area contributed by atoms with E-state index in [-0.39, 0.29) is 31.7 Å². The second-order valence-corrected chi connectivity index (χ2v) is 8.62. The Balaban J connectivity index is 1.90. The lowest BCUT2D eigenvalue weighted by Gasteiger charge is -2.08. The van der Waals surface area contributed by atoms with Crippen LogP contribution in [-0.2, 0) is 15.8 Å². The van der Waals surface area contributed by atoms with E-state index < -0.39 is 22.7 Å². The molecule has 4 N–H and O–H groups in total. The third-order valence-electron chi connectivity index (χ3n) is 3.75. The van der Waals surface area contributed by atoms with Gasteiger partial charge in [-0.3, -0.25) is 14.3 Å². The molecule has 2 heterocycles. The van der Waals surface area contributed by atoms with Gasteiger partial charge in [-0.2, -0.15) is 0 Å². The first-order chi connectivity index (χ1) is 14.2. The van der Waals surface area contributed by atoms with Gasteiger partial charge in [-0.05, 0) is 36.8 Å². The van der Waals surface area contributed by atoms with Crippen LogP contribution in [-0.4, -0.2) is 26.0 Å². The summed E-state index contributed by atoms with van der Waals surface area (Å²) < 4.78 is 28.9. The summed E-state index contributed by atoms with van der Waals surface area (Å²) in [5.74, 6) is -1.60. The number of nitrogens with two attached hydrogens (primary N) is 1. The van der Waals surface area contributed by atoms with Gasteiger partial charge >= 0.3 is 0 Å². The molecule has 30 heavy (non-hydrogen) atoms. The molecule has 0 radical (unpaired) electrons. The van der Waals surface area contributed by atoms with Crippen LogP contribution in [0.15, 0.2) is 35.5 Å². The van der Waals surface area contributed by atoms with Crippen LogP contribution in [0, 0.1) is 12.7 Å². The molecule has 2 aromatic heterocycles. The van der Waals surface area contributed by atoms with E-state index in [0.717, 1.165) is 17.4 Å². The van der Waals surface area contributed by atoms with Gasteiger partial charge in [0.1, 0.15) is 10.7 Å². The molecule has 0 spiro atoms. The van der Waals surface area contributed by atoms with Gasteiger partial charge in [-0.25, -0.2) is 18.6 Å². The average Bonchev–Trinajstić information content (AvgIpc) is 3.07. The number of carbonyl (C=O) groups is 2. The summed E-state index contributed by atoms with van der Waals surface area (Å²) in [6, 6.07) is 5.52. The number of hydrogen-bond donors (Lipinski definition) is 3. The maximum atomic E-state index is 13.5. The Bertz CT molecular complexity index is 1180. The van der Waals surface area contributed by atoms with Crippen molar-refractivity contribution in [1.82, 2.24) is 9.97 Å². The van der Waals surface area contributed by atoms with Gasteiger partial charge in [0.25, 0.3) is 5.91 Å². The molecule has 0 aliphatic heterocycles. The fourth-order valence-corrected chi connectivity index (χ4v) is 4.59. The molecule has 1 atom stereocenters. The number of benzene rings is 1. The molecule has 8 nitrogen and oxygen atoms in total. The summed E-state index contributed by atoms with van der Waals surface area (Å²) in [4.78, 5) is 31.5. The van der Waals surface area contributed by atoms with E-state index in [4.69, 9.17) is 17.3 Å². The third kappa shape index (κ3) is 4.81. The number of aryl methyl sites for hydroxylation is 1. The number of primary amides is 1. The molecule has 0 fully saturated rings. The number of carbonyl (C=O) groups excluding carboxylic acids is 2. The zero-order valence-corrected chi connectivity index (χ0v) is 18.0. The van der Waals surface area contributed by atoms with Crippen molar-refractivity contribution in [3.05, 3.63) is 51.7 Å². The molecule has 12 heteroatoms. The van der Waals surface area contributed by atoms with Crippen LogP contribution in [0.5, 0.6) is 0 Å². The smallest absolute Gasteiger partial charge is 0.261 e. The number of amides is 2. The highest BCUT2D eigenvalue weighted by molar-refractivity contribution is 7.86. The molecule has 0 bridgehead atoms. The first-order valence-electron chi connectivity index (χ1n) is 8.34. The zero-order chi connectivity index (χ0) is 22.0. The van der Waals surface area contributed by atoms with Crippen molar-refractivity contribution in [2.75, 3.05) is 10.0 Å². The fraction of sp³-hybridized carbons (Fsp3) is 0.111. The number of anilines is 2. The number of nitrogens with one attached hydrogen (secondary N) is 2. The van der Waals surface area contributed by atoms with E-state index in [1.807, 2.05) is 0 Å². The normalized spacial score (nSPS) is 11.7. The Morgan fingerprint density at radius 1 is 1.30 bits per heavy atom. The lowest BCUT2D eigenvalue weighted by Crippen LogP contribution is -2.10. The highest BCUT2D eigenvalue weighted by Gasteiger charge is 2.20. The van der Waals surface area contributed by atoms with Crippen LogP contribution in [0.4, 0.5) is 15.2 Å². The Labute approximate surface area is 182 Å². The molecule has 3 aromatic rings. The Morgan fingerprint density at radius 2 is 2.03 bits per heavy atom. The minimum absolute atomic E-state index is 0.0999. The van der Waals surface area contributed by atoms with Gasteiger partial charge in [0.2, 0.25) is 5.91 Å². The number of thiazole rings is 1. The maximum Gasteiger partial charge on any atom is 0.261 e. The van der Waals surface area contributed by atoms with Gasteiger partial charge < -0.3 is 11.1 Å². The van der Waals surface area contributed by atoms with Crippen molar-refractivity contribution in [2.45, 2.75) is 18.9 Å². The fourth-order valence-electron chi connectivity index (χ4n) is 2.53. The van der Waals surface area contributed by atoms with Crippen molar-refractivity contribution in [3.8, 4) is 11.3 Å². The summed E-state index contributed by atoms with van der Waals surface area (Å²) in [5, 5.41) is 2.85. The summed E-state index contributed by atoms with van der Waals surface area (Å²) in [6.07, 6.45) is 1.38. The van der Waals surface area contributed by atoms with Crippen LogP contribution in [0.2, 0.25) is 5.02 Å². The van der Waals surface area contributed by atoms with E-state index in [9.17, 15) is 18.2 Å². The zero-order valence-electron chi connectivity index (χ0n) is 15.7. The van der Waals surface area contributed by atoms with Crippen molar-refractivity contribution in [1.29, 1.82) is 0 Å². The van der Waals surface area contributed by atoms with E-state index in [1.165, 1.54) is 25.3 Å². The molecule has 0 aliphatic carbocycles. The van der Waals surface area contributed by atoms with E-state index in [2.05, 4.69) is 20.0 Å². The predicted octanol–water partition coefficient (Wildman–Crippen LogP) is 3.50. The van der Waals surface area contributed by atoms with Gasteiger partial charge in [0, 0.05) is 12.5 Å². The molecule has 0 saturated carbocycles. The van der Waals surface area contributed by atoms with Gasteiger partial charge in [0.15, 0.2) is 21.1 Å². The quantitative estimate of drug-likeness (QED) is 0.511. The summed E-state index contributed by atoms with van der Waals surface area (Å²) in [7, 11) is -1.80. The molecule has 0 saturated heterocycles. The molecule has 1 unspecified atom stereocenters. The molecule has 2 amide bonds. The van der Waals surface area contributed by atoms with Crippen molar-refractivity contribution >= 4 is 56.6 Å². The van der Waals surface area contributed by atoms with Crippen LogP contribution in [0.3, 0.4) is 0 Å². The molecule has 1 aromatic carbocycles. The largest absolute Gasteiger partial charge is 0.365 e. The molecular weight excluding hydrogens is 453 g/mol. The SMILES string of the molecule is CC(=O)Nc1cnc(S(=O)Nc2nc(-c3ccc(F)c(Cl)c3)c(C(N)=O)s2)c(C)c1. The number of pyridine rings is 1. The topological polar surface area (TPSA) is 127 Å². The summed E-state index contributed by atoms with van der Waals surface area (Å²) in [6.45, 7) is 3.06. The van der Waals surface area contributed by atoms with Crippen molar-refractivity contribution in [2.24, 2.45) is 5.73 Å². The highest BCUT2D eigenvalue weighted by atomic mass is 35.5. The summed E-state index contributed by atoms with van der Waals surface area (Å²) in [5.41, 5.74) is 7.06. The number of aromatic nitrogens is 2. The first kappa shape index (κ1) is 21.8. The van der Waals surface area contributed by atoms with Gasteiger partial charge in [0.05, 0.1) is 22.6 Å². The third-order valence-corrected chi connectivity index (χ3v) is 6.31. The van der Waals surface area contributed by atoms with Gasteiger partial charge in [-0.15, -0.1) is 0 Å². The second-order valence-electron chi connectivity index (χ2n) is 6.09. The Morgan fingerprint density at radius 3 is 2.63 bits per heavy atom. The number of nitrogens with zero attached hydrogens (tertiary/aromatic N) is 2. The maximum absolute atomic E-state index is 13.5. The average molecular weight is 468 g/mol. The van der Waals surface area contributed by atoms with Crippen molar-refractivity contribution < 1.29 is 18.2 Å². The minimum atomic E-state index is -1.80. The second kappa shape index (κ2) is 8.86. The van der Waals surface area contributed by atoms with Crippen LogP contribution < -0.4 is 15.8 Å². The monoisotopic (exact) mass is 467 g/mol. The lowest BCUT2D eigenvalue weighted by atomic mass is 10.1. The van der Waals surface area contributed by atoms with E-state index in [1.54, 1.807) is 13.0 Å². The number of hydrogen-bond acceptors (Lipinski definition) is 6. The molecular formula is C18H15ClFN5O3S2. The van der Waals surface area contributed by atoms with Crippen molar-refractivity contribution in [3.63, 3.8) is 0 Å². The van der Waals surface area contributed by atoms with Crippen LogP contribution in [0.1, 0.15) is 22.2 Å². The molecule has 156 valence electrons. The van der Waals surface area contributed by atoms with E-state index >= 15 is 0 Å². The van der Waals surface area contributed by atoms with Crippen LogP contribution >= 0.6 is 22.9 Å². The Kier molecular flexibility index (Phi) is 6.44. The molecule has 0 aliphatic rings. The highest BCUT2D eigenvalue weighted by Crippen LogP contribution is 2.33. The van der Waals surface area contributed by atoms with Crippen LogP contribution in [0.25, 0.3) is 11.3 Å².